The van der Waals surface area contributed by atoms with E-state index in [1.807, 2.05) is 0 Å². The molecule has 1 aromatic heterocycles. The Kier molecular flexibility index (Phi) is 6.99. The Morgan fingerprint density at radius 2 is 1.88 bits per heavy atom. The van der Waals surface area contributed by atoms with Crippen LogP contribution in [0.15, 0.2) is 30.5 Å². The van der Waals surface area contributed by atoms with Gasteiger partial charge in [0, 0.05) is 43.2 Å². The number of alkyl halides is 2. The number of ether oxygens (including phenoxy) is 2. The van der Waals surface area contributed by atoms with Gasteiger partial charge in [0.05, 0.1) is 24.1 Å². The number of hydrogen-bond acceptors (Lipinski definition) is 4. The predicted octanol–water partition coefficient (Wildman–Crippen LogP) is 5.45. The van der Waals surface area contributed by atoms with Gasteiger partial charge < -0.3 is 14.8 Å². The number of pyridine rings is 1. The number of aromatic nitrogens is 1. The molecule has 4 rings (SSSR count). The van der Waals surface area contributed by atoms with E-state index >= 15 is 0 Å². The van der Waals surface area contributed by atoms with E-state index in [9.17, 15) is 22.4 Å². The predicted molar refractivity (Wildman–Crippen MR) is 114 cm³/mol. The first kappa shape index (κ1) is 23.6. The molecule has 1 aliphatic carbocycles. The van der Waals surface area contributed by atoms with Gasteiger partial charge in [0.25, 0.3) is 5.91 Å². The summed E-state index contributed by atoms with van der Waals surface area (Å²) in [4.78, 5) is 17.4. The van der Waals surface area contributed by atoms with Gasteiger partial charge in [0.1, 0.15) is 17.7 Å². The van der Waals surface area contributed by atoms with Crippen LogP contribution in [0.1, 0.15) is 50.1 Å². The Bertz CT molecular complexity index is 999. The van der Waals surface area contributed by atoms with Crippen molar-refractivity contribution in [3.05, 3.63) is 47.8 Å². The molecule has 9 heteroatoms. The molecule has 1 saturated carbocycles. The number of carbonyl (C=O) groups is 1. The van der Waals surface area contributed by atoms with E-state index in [4.69, 9.17) is 9.47 Å². The van der Waals surface area contributed by atoms with E-state index in [-0.39, 0.29) is 61.1 Å². The number of hydrogen-bond donors (Lipinski definition) is 1. The van der Waals surface area contributed by atoms with Crippen LogP contribution >= 0.6 is 0 Å². The molecule has 1 N–H and O–H groups in total. The van der Waals surface area contributed by atoms with Gasteiger partial charge in [-0.3, -0.25) is 9.78 Å². The van der Waals surface area contributed by atoms with Gasteiger partial charge >= 0.3 is 0 Å². The maximum Gasteiger partial charge on any atom is 0.253 e. The van der Waals surface area contributed by atoms with Gasteiger partial charge in [-0.2, -0.15) is 0 Å². The number of nitrogens with zero attached hydrogens (tertiary/aromatic N) is 1. The van der Waals surface area contributed by atoms with Crippen LogP contribution in [0.3, 0.4) is 0 Å². The molecule has 33 heavy (non-hydrogen) atoms. The van der Waals surface area contributed by atoms with Gasteiger partial charge in [0.2, 0.25) is 5.92 Å². The fourth-order valence-electron chi connectivity index (χ4n) is 4.48. The first-order valence-electron chi connectivity index (χ1n) is 11.0. The van der Waals surface area contributed by atoms with Crippen molar-refractivity contribution in [2.75, 3.05) is 19.0 Å². The smallest absolute Gasteiger partial charge is 0.253 e. The van der Waals surface area contributed by atoms with E-state index in [1.165, 1.54) is 12.3 Å². The monoisotopic (exact) mass is 466 g/mol. The zero-order valence-corrected chi connectivity index (χ0v) is 18.3. The molecule has 2 aliphatic rings. The Labute approximate surface area is 189 Å². The third-order valence-electron chi connectivity index (χ3n) is 6.41. The van der Waals surface area contributed by atoms with Gasteiger partial charge in [-0.05, 0) is 49.9 Å². The molecule has 2 fully saturated rings. The second-order valence-electron chi connectivity index (χ2n) is 8.62. The highest BCUT2D eigenvalue weighted by Gasteiger charge is 2.37. The average Bonchev–Trinajstić information content (AvgIpc) is 2.81. The summed E-state index contributed by atoms with van der Waals surface area (Å²) >= 11 is 0. The van der Waals surface area contributed by atoms with Crippen molar-refractivity contribution in [1.29, 1.82) is 0 Å². The lowest BCUT2D eigenvalue weighted by Gasteiger charge is -2.31. The average molecular weight is 466 g/mol. The highest BCUT2D eigenvalue weighted by atomic mass is 19.3. The molecular formula is C24H26F4N2O3. The fraction of sp³-hybridized carbons (Fsp3) is 0.500. The quantitative estimate of drug-likeness (QED) is 0.595. The van der Waals surface area contributed by atoms with Crippen molar-refractivity contribution in [2.45, 2.75) is 62.6 Å². The first-order valence-corrected chi connectivity index (χ1v) is 11.0. The van der Waals surface area contributed by atoms with Crippen LogP contribution in [0.25, 0.3) is 11.1 Å². The van der Waals surface area contributed by atoms with Crippen LogP contribution < -0.4 is 5.32 Å². The molecule has 5 nitrogen and oxygen atoms in total. The minimum Gasteiger partial charge on any atom is -0.379 e. The number of amides is 1. The maximum absolute atomic E-state index is 14.6. The van der Waals surface area contributed by atoms with Gasteiger partial charge in [-0.25, -0.2) is 17.6 Å². The van der Waals surface area contributed by atoms with Crippen LogP contribution in [-0.4, -0.2) is 42.7 Å². The van der Waals surface area contributed by atoms with E-state index < -0.39 is 29.6 Å². The molecule has 0 spiro atoms. The Morgan fingerprint density at radius 1 is 1.12 bits per heavy atom. The largest absolute Gasteiger partial charge is 0.379 e. The van der Waals surface area contributed by atoms with Crippen molar-refractivity contribution in [2.24, 2.45) is 0 Å². The zero-order chi connectivity index (χ0) is 23.6. The van der Waals surface area contributed by atoms with Gasteiger partial charge in [0.15, 0.2) is 0 Å². The second kappa shape index (κ2) is 9.77. The summed E-state index contributed by atoms with van der Waals surface area (Å²) in [7, 11) is 1.57. The molecule has 178 valence electrons. The van der Waals surface area contributed by atoms with Gasteiger partial charge in [-0.15, -0.1) is 0 Å². The summed E-state index contributed by atoms with van der Waals surface area (Å²) in [5.74, 6) is -4.84. The molecular weight excluding hydrogens is 440 g/mol. The lowest BCUT2D eigenvalue weighted by Crippen LogP contribution is -2.39. The third kappa shape index (κ3) is 5.35. The standard InChI is InChI=1S/C24H26F4N2O3/c1-32-16-3-5-20(33-13-16)23(31)30-22-17(18-12-15(25)2-4-19(18)26)8-11-29-21(22)14-6-9-24(27,28)10-7-14/h2,4,8,11-12,14,16,20H,3,5-7,9-10,13H2,1H3,(H,30,31). The molecule has 1 aromatic carbocycles. The lowest BCUT2D eigenvalue weighted by atomic mass is 9.83. The van der Waals surface area contributed by atoms with Crippen molar-refractivity contribution in [3.63, 3.8) is 0 Å². The number of anilines is 1. The molecule has 2 aromatic rings. The normalized spacial score (nSPS) is 23.3. The summed E-state index contributed by atoms with van der Waals surface area (Å²) in [5.41, 5.74) is 0.803. The number of methoxy groups -OCH3 is 1. The molecule has 1 amide bonds. The Morgan fingerprint density at radius 3 is 2.55 bits per heavy atom. The highest BCUT2D eigenvalue weighted by Crippen LogP contribution is 2.44. The molecule has 2 heterocycles. The minimum atomic E-state index is -2.74. The highest BCUT2D eigenvalue weighted by molar-refractivity contribution is 5.99. The van der Waals surface area contributed by atoms with E-state index in [2.05, 4.69) is 10.3 Å². The number of halogens is 4. The van der Waals surface area contributed by atoms with E-state index in [1.54, 1.807) is 7.11 Å². The molecule has 1 aliphatic heterocycles. The van der Waals surface area contributed by atoms with Crippen LogP contribution in [0.2, 0.25) is 0 Å². The fourth-order valence-corrected chi connectivity index (χ4v) is 4.48. The third-order valence-corrected chi connectivity index (χ3v) is 6.41. The summed E-state index contributed by atoms with van der Waals surface area (Å²) in [6, 6.07) is 4.54. The molecule has 0 radical (unpaired) electrons. The molecule has 0 bridgehead atoms. The van der Waals surface area contributed by atoms with Crippen molar-refractivity contribution < 1.29 is 31.8 Å². The van der Waals surface area contributed by atoms with E-state index in [0.717, 1.165) is 18.2 Å². The topological polar surface area (TPSA) is 60.5 Å². The van der Waals surface area contributed by atoms with Crippen LogP contribution in [0.4, 0.5) is 23.2 Å². The van der Waals surface area contributed by atoms with E-state index in [0.29, 0.717) is 18.5 Å². The van der Waals surface area contributed by atoms with Crippen molar-refractivity contribution in [1.82, 2.24) is 4.98 Å². The number of carbonyl (C=O) groups excluding carboxylic acids is 1. The molecule has 2 unspecified atom stereocenters. The van der Waals surface area contributed by atoms with Crippen molar-refractivity contribution in [3.8, 4) is 11.1 Å². The van der Waals surface area contributed by atoms with Crippen molar-refractivity contribution >= 4 is 11.6 Å². The van der Waals surface area contributed by atoms with Gasteiger partial charge in [-0.1, -0.05) is 0 Å². The Balaban J connectivity index is 1.69. The van der Waals surface area contributed by atoms with Crippen LogP contribution in [0.5, 0.6) is 0 Å². The maximum atomic E-state index is 14.6. The number of benzene rings is 1. The first-order chi connectivity index (χ1) is 15.8. The summed E-state index contributed by atoms with van der Waals surface area (Å²) < 4.78 is 66.9. The summed E-state index contributed by atoms with van der Waals surface area (Å²) in [6.07, 6.45) is 1.41. The second-order valence-corrected chi connectivity index (χ2v) is 8.62. The number of rotatable bonds is 5. The minimum absolute atomic E-state index is 0.0425. The SMILES string of the molecule is COC1CCC(C(=O)Nc2c(-c3cc(F)ccc3F)ccnc2C2CCC(F)(F)CC2)OC1. The zero-order valence-electron chi connectivity index (χ0n) is 18.3. The summed E-state index contributed by atoms with van der Waals surface area (Å²) in [5, 5.41) is 2.80. The molecule has 2 atom stereocenters. The lowest BCUT2D eigenvalue weighted by molar-refractivity contribution is -0.136. The summed E-state index contributed by atoms with van der Waals surface area (Å²) in [6.45, 7) is 0.261. The molecule has 1 saturated heterocycles. The number of nitrogens with one attached hydrogen (secondary N) is 1. The Hall–Kier alpha value is -2.52. The van der Waals surface area contributed by atoms with Crippen LogP contribution in [0, 0.1) is 11.6 Å². The van der Waals surface area contributed by atoms with Crippen LogP contribution in [-0.2, 0) is 14.3 Å².